The van der Waals surface area contributed by atoms with E-state index in [4.69, 9.17) is 5.73 Å². The van der Waals surface area contributed by atoms with Gasteiger partial charge in [-0.1, -0.05) is 0 Å². The van der Waals surface area contributed by atoms with Crippen molar-refractivity contribution < 1.29 is 8.78 Å². The molecule has 1 aliphatic rings. The second-order valence-electron chi connectivity index (χ2n) is 4.52. The van der Waals surface area contributed by atoms with E-state index in [0.717, 1.165) is 5.52 Å². The van der Waals surface area contributed by atoms with Gasteiger partial charge in [0.15, 0.2) is 5.82 Å². The molecule has 1 fully saturated rings. The quantitative estimate of drug-likeness (QED) is 0.837. The number of nitrogens with zero attached hydrogens (tertiary/aromatic N) is 4. The summed E-state index contributed by atoms with van der Waals surface area (Å²) in [4.78, 5) is 10.1. The van der Waals surface area contributed by atoms with E-state index >= 15 is 0 Å². The number of hydrogen-bond acceptors (Lipinski definition) is 4. The first-order chi connectivity index (χ1) is 8.55. The highest BCUT2D eigenvalue weighted by Gasteiger charge is 2.34. The van der Waals surface area contributed by atoms with Crippen molar-refractivity contribution in [3.05, 3.63) is 18.7 Å². The van der Waals surface area contributed by atoms with Crippen LogP contribution in [0.15, 0.2) is 18.7 Å². The van der Waals surface area contributed by atoms with E-state index in [-0.39, 0.29) is 25.9 Å². The zero-order chi connectivity index (χ0) is 12.8. The fraction of sp³-hybridized carbons (Fsp3) is 0.455. The Morgan fingerprint density at radius 2 is 2.00 bits per heavy atom. The number of alkyl halides is 2. The van der Waals surface area contributed by atoms with Gasteiger partial charge in [-0.15, -0.1) is 0 Å². The lowest BCUT2D eigenvalue weighted by molar-refractivity contribution is -0.0221. The van der Waals surface area contributed by atoms with Crippen LogP contribution in [0.1, 0.15) is 12.8 Å². The molecule has 5 nitrogen and oxygen atoms in total. The van der Waals surface area contributed by atoms with Crippen LogP contribution in [0, 0.1) is 0 Å². The molecule has 3 rings (SSSR count). The highest BCUT2D eigenvalue weighted by molar-refractivity contribution is 5.70. The molecule has 0 amide bonds. The molecule has 0 spiro atoms. The number of nitrogens with two attached hydrogens (primary N) is 1. The molecule has 7 heteroatoms. The highest BCUT2D eigenvalue weighted by Crippen LogP contribution is 2.31. The Kier molecular flexibility index (Phi) is 2.36. The van der Waals surface area contributed by atoms with Gasteiger partial charge in [-0.25, -0.2) is 18.7 Å². The number of fused-ring (bicyclic) bond motifs is 1. The second-order valence-corrected chi connectivity index (χ2v) is 4.52. The number of piperidine rings is 1. The average molecular weight is 253 g/mol. The fourth-order valence-corrected chi connectivity index (χ4v) is 2.21. The van der Waals surface area contributed by atoms with Crippen molar-refractivity contribution in [3.63, 3.8) is 0 Å². The van der Waals surface area contributed by atoms with Crippen LogP contribution in [0.2, 0.25) is 0 Å². The number of halogens is 2. The topological polar surface area (TPSA) is 59.5 Å². The van der Waals surface area contributed by atoms with Gasteiger partial charge in [-0.2, -0.15) is 0 Å². The van der Waals surface area contributed by atoms with Crippen molar-refractivity contribution in [2.24, 2.45) is 0 Å². The molecule has 0 unspecified atom stereocenters. The predicted octanol–water partition coefficient (Wildman–Crippen LogP) is 1.55. The summed E-state index contributed by atoms with van der Waals surface area (Å²) in [7, 11) is 0. The van der Waals surface area contributed by atoms with Gasteiger partial charge in [-0.3, -0.25) is 4.40 Å². The normalized spacial score (nSPS) is 19.3. The van der Waals surface area contributed by atoms with E-state index in [2.05, 4.69) is 9.97 Å². The molecule has 0 radical (unpaired) electrons. The van der Waals surface area contributed by atoms with Gasteiger partial charge in [0.05, 0.1) is 18.7 Å². The third-order valence-corrected chi connectivity index (χ3v) is 3.20. The first-order valence-electron chi connectivity index (χ1n) is 5.76. The van der Waals surface area contributed by atoms with Gasteiger partial charge < -0.3 is 10.6 Å². The van der Waals surface area contributed by atoms with Crippen molar-refractivity contribution in [1.29, 1.82) is 0 Å². The molecule has 2 aromatic rings. The molecule has 18 heavy (non-hydrogen) atoms. The molecule has 1 saturated heterocycles. The first kappa shape index (κ1) is 11.2. The fourth-order valence-electron chi connectivity index (χ4n) is 2.21. The standard InChI is InChI=1S/C11H13F2N5/c12-11(13)1-3-17(4-2-11)10-8-5-15-7-18(8)6-9(14)16-10/h5-7H,1-4,14H2. The molecular weight excluding hydrogens is 240 g/mol. The van der Waals surface area contributed by atoms with Crippen molar-refractivity contribution in [2.75, 3.05) is 23.7 Å². The maximum absolute atomic E-state index is 13.1. The summed E-state index contributed by atoms with van der Waals surface area (Å²) in [6.45, 7) is 0.564. The van der Waals surface area contributed by atoms with Crippen LogP contribution in [-0.2, 0) is 0 Å². The summed E-state index contributed by atoms with van der Waals surface area (Å²) in [6.07, 6.45) is 4.64. The Hall–Kier alpha value is -1.92. The molecule has 0 aromatic carbocycles. The van der Waals surface area contributed by atoms with E-state index in [1.54, 1.807) is 23.1 Å². The summed E-state index contributed by atoms with van der Waals surface area (Å²) in [5, 5.41) is 0. The Labute approximate surface area is 102 Å². The number of anilines is 2. The molecule has 96 valence electrons. The first-order valence-corrected chi connectivity index (χ1v) is 5.76. The SMILES string of the molecule is Nc1cn2cncc2c(N2CCC(F)(F)CC2)n1. The minimum Gasteiger partial charge on any atom is -0.382 e. The van der Waals surface area contributed by atoms with Gasteiger partial charge in [0.1, 0.15) is 11.3 Å². The summed E-state index contributed by atoms with van der Waals surface area (Å²) in [5.41, 5.74) is 6.50. The van der Waals surface area contributed by atoms with E-state index in [1.807, 2.05) is 4.90 Å². The lowest BCUT2D eigenvalue weighted by Gasteiger charge is -2.32. The molecule has 0 atom stereocenters. The van der Waals surface area contributed by atoms with E-state index in [1.165, 1.54) is 0 Å². The lowest BCUT2D eigenvalue weighted by atomic mass is 10.1. The maximum atomic E-state index is 13.1. The van der Waals surface area contributed by atoms with E-state index in [9.17, 15) is 8.78 Å². The monoisotopic (exact) mass is 253 g/mol. The van der Waals surface area contributed by atoms with Gasteiger partial charge in [0, 0.05) is 25.9 Å². The maximum Gasteiger partial charge on any atom is 0.251 e. The molecule has 0 bridgehead atoms. The van der Waals surface area contributed by atoms with Crippen LogP contribution in [0.4, 0.5) is 20.4 Å². The highest BCUT2D eigenvalue weighted by atomic mass is 19.3. The molecule has 0 saturated carbocycles. The Bertz CT molecular complexity index is 570. The van der Waals surface area contributed by atoms with Crippen LogP contribution in [0.3, 0.4) is 0 Å². The summed E-state index contributed by atoms with van der Waals surface area (Å²) in [5.74, 6) is -1.58. The van der Waals surface area contributed by atoms with Gasteiger partial charge in [-0.05, 0) is 0 Å². The van der Waals surface area contributed by atoms with Crippen LogP contribution in [0.25, 0.3) is 5.52 Å². The number of imidazole rings is 1. The summed E-state index contributed by atoms with van der Waals surface area (Å²) in [6, 6.07) is 0. The largest absolute Gasteiger partial charge is 0.382 e. The van der Waals surface area contributed by atoms with Crippen LogP contribution in [0.5, 0.6) is 0 Å². The van der Waals surface area contributed by atoms with Crippen molar-refractivity contribution in [1.82, 2.24) is 14.4 Å². The van der Waals surface area contributed by atoms with Gasteiger partial charge >= 0.3 is 0 Å². The average Bonchev–Trinajstić information content (AvgIpc) is 2.76. The third-order valence-electron chi connectivity index (χ3n) is 3.20. The van der Waals surface area contributed by atoms with Crippen LogP contribution >= 0.6 is 0 Å². The number of nitrogen functional groups attached to an aromatic ring is 1. The molecule has 0 aliphatic carbocycles. The summed E-state index contributed by atoms with van der Waals surface area (Å²) < 4.78 is 28.0. The minimum absolute atomic E-state index is 0.149. The van der Waals surface area contributed by atoms with Gasteiger partial charge in [0.2, 0.25) is 0 Å². The molecule has 2 N–H and O–H groups in total. The Morgan fingerprint density at radius 1 is 1.28 bits per heavy atom. The summed E-state index contributed by atoms with van der Waals surface area (Å²) >= 11 is 0. The zero-order valence-corrected chi connectivity index (χ0v) is 9.68. The van der Waals surface area contributed by atoms with E-state index in [0.29, 0.717) is 11.6 Å². The smallest absolute Gasteiger partial charge is 0.251 e. The molecule has 1 aliphatic heterocycles. The van der Waals surface area contributed by atoms with Crippen molar-refractivity contribution >= 4 is 17.2 Å². The molecule has 3 heterocycles. The van der Waals surface area contributed by atoms with E-state index < -0.39 is 5.92 Å². The molecular formula is C11H13F2N5. The van der Waals surface area contributed by atoms with Crippen LogP contribution in [-0.4, -0.2) is 33.4 Å². The van der Waals surface area contributed by atoms with Crippen molar-refractivity contribution in [2.45, 2.75) is 18.8 Å². The second kappa shape index (κ2) is 3.79. The Balaban J connectivity index is 1.97. The molecule has 2 aromatic heterocycles. The van der Waals surface area contributed by atoms with Crippen molar-refractivity contribution in [3.8, 4) is 0 Å². The number of aromatic nitrogens is 3. The Morgan fingerprint density at radius 3 is 2.72 bits per heavy atom. The van der Waals surface area contributed by atoms with Crippen LogP contribution < -0.4 is 10.6 Å². The number of rotatable bonds is 1. The third kappa shape index (κ3) is 1.85. The number of hydrogen-bond donors (Lipinski definition) is 1. The zero-order valence-electron chi connectivity index (χ0n) is 9.68. The lowest BCUT2D eigenvalue weighted by Crippen LogP contribution is -2.40. The van der Waals surface area contributed by atoms with Gasteiger partial charge in [0.25, 0.3) is 5.92 Å². The minimum atomic E-state index is -2.56. The predicted molar refractivity (Wildman–Crippen MR) is 63.8 cm³/mol.